The van der Waals surface area contributed by atoms with Crippen LogP contribution in [-0.2, 0) is 16.2 Å². The highest BCUT2D eigenvalue weighted by molar-refractivity contribution is 5.91. The van der Waals surface area contributed by atoms with Crippen LogP contribution in [0.3, 0.4) is 0 Å². The summed E-state index contributed by atoms with van der Waals surface area (Å²) in [5.41, 5.74) is 7.66. The summed E-state index contributed by atoms with van der Waals surface area (Å²) in [5, 5.41) is 8.76. The number of benzene rings is 3. The van der Waals surface area contributed by atoms with Gasteiger partial charge in [0.1, 0.15) is 11.4 Å². The third-order valence-electron chi connectivity index (χ3n) is 6.77. The van der Waals surface area contributed by atoms with Crippen molar-refractivity contribution in [2.45, 2.75) is 25.0 Å². The van der Waals surface area contributed by atoms with E-state index in [1.807, 2.05) is 36.4 Å². The van der Waals surface area contributed by atoms with Crippen LogP contribution in [0.5, 0.6) is 5.75 Å². The van der Waals surface area contributed by atoms with Crippen molar-refractivity contribution >= 4 is 23.6 Å². The minimum Gasteiger partial charge on any atom is -0.482 e. The number of likely N-dealkylation sites (tertiary alicyclic amines) is 1. The van der Waals surface area contributed by atoms with E-state index in [2.05, 4.69) is 34.6 Å². The summed E-state index contributed by atoms with van der Waals surface area (Å²) in [6.45, 7) is 2.60. The van der Waals surface area contributed by atoms with Crippen molar-refractivity contribution in [3.8, 4) is 5.75 Å². The van der Waals surface area contributed by atoms with Crippen molar-refractivity contribution in [2.24, 2.45) is 0 Å². The summed E-state index contributed by atoms with van der Waals surface area (Å²) >= 11 is 0. The SMILES string of the molecule is O=C(C=Cc1ccc2c(c1)C(NOC(=O)c1ccccc1)=CC1(CCN(Cc3ccccc3)CC1)O2)NO. The van der Waals surface area contributed by atoms with Crippen LogP contribution in [0.4, 0.5) is 0 Å². The maximum absolute atomic E-state index is 12.6. The van der Waals surface area contributed by atoms with Gasteiger partial charge in [0.15, 0.2) is 0 Å². The molecule has 0 radical (unpaired) electrons. The Kier molecular flexibility index (Phi) is 7.53. The van der Waals surface area contributed by atoms with Gasteiger partial charge in [-0.1, -0.05) is 54.6 Å². The molecular weight excluding hydrogens is 482 g/mol. The zero-order valence-electron chi connectivity index (χ0n) is 20.8. The number of hydroxylamine groups is 2. The van der Waals surface area contributed by atoms with E-state index in [9.17, 15) is 9.59 Å². The molecule has 38 heavy (non-hydrogen) atoms. The number of carbonyl (C=O) groups is 2. The monoisotopic (exact) mass is 511 g/mol. The molecule has 2 aliphatic rings. The van der Waals surface area contributed by atoms with Crippen LogP contribution < -0.4 is 15.7 Å². The molecule has 1 saturated heterocycles. The highest BCUT2D eigenvalue weighted by Gasteiger charge is 2.39. The number of hydrogen-bond donors (Lipinski definition) is 3. The van der Waals surface area contributed by atoms with Crippen molar-refractivity contribution in [1.29, 1.82) is 0 Å². The van der Waals surface area contributed by atoms with Gasteiger partial charge in [0.2, 0.25) is 0 Å². The number of ether oxygens (including phenoxy) is 1. The Bertz CT molecular complexity index is 1350. The number of rotatable bonds is 7. The molecule has 1 amide bonds. The number of amides is 1. The van der Waals surface area contributed by atoms with Crippen molar-refractivity contribution in [3.63, 3.8) is 0 Å². The van der Waals surface area contributed by atoms with E-state index in [4.69, 9.17) is 14.8 Å². The molecule has 3 aromatic rings. The largest absolute Gasteiger partial charge is 0.482 e. The van der Waals surface area contributed by atoms with Gasteiger partial charge in [-0.15, -0.1) is 0 Å². The molecule has 0 aliphatic carbocycles. The van der Waals surface area contributed by atoms with E-state index >= 15 is 0 Å². The van der Waals surface area contributed by atoms with Crippen molar-refractivity contribution in [1.82, 2.24) is 15.9 Å². The molecule has 194 valence electrons. The lowest BCUT2D eigenvalue weighted by Crippen LogP contribution is -2.48. The second-order valence-corrected chi connectivity index (χ2v) is 9.41. The van der Waals surface area contributed by atoms with E-state index in [1.54, 1.807) is 35.8 Å². The summed E-state index contributed by atoms with van der Waals surface area (Å²) in [6, 6.07) is 24.7. The van der Waals surface area contributed by atoms with Gasteiger partial charge in [-0.05, 0) is 47.5 Å². The highest BCUT2D eigenvalue weighted by Crippen LogP contribution is 2.41. The minimum absolute atomic E-state index is 0.434. The topological polar surface area (TPSA) is 100 Å². The normalized spacial score (nSPS) is 16.3. The molecule has 1 fully saturated rings. The smallest absolute Gasteiger partial charge is 0.362 e. The standard InChI is InChI=1S/C30H29N3O5/c34-28(31-36)14-12-22-11-13-27-25(19-22)26(32-38-29(35)24-9-5-2-6-10-24)20-30(37-27)15-17-33(18-16-30)21-23-7-3-1-4-8-23/h1-14,19-20,32,36H,15-18,21H2,(H,31,34). The van der Waals surface area contributed by atoms with Crippen LogP contribution in [0.15, 0.2) is 91.0 Å². The Morgan fingerprint density at radius 2 is 1.71 bits per heavy atom. The van der Waals surface area contributed by atoms with Crippen LogP contribution >= 0.6 is 0 Å². The number of nitrogens with one attached hydrogen (secondary N) is 2. The Labute approximate surface area is 221 Å². The average molecular weight is 512 g/mol. The first-order valence-corrected chi connectivity index (χ1v) is 12.5. The summed E-state index contributed by atoms with van der Waals surface area (Å²) in [7, 11) is 0. The molecular formula is C30H29N3O5. The number of carbonyl (C=O) groups excluding carboxylic acids is 2. The van der Waals surface area contributed by atoms with Gasteiger partial charge in [-0.2, -0.15) is 0 Å². The Balaban J connectivity index is 1.37. The summed E-state index contributed by atoms with van der Waals surface area (Å²) in [6.07, 6.45) is 6.35. The number of hydrogen-bond acceptors (Lipinski definition) is 7. The van der Waals surface area contributed by atoms with E-state index in [-0.39, 0.29) is 0 Å². The number of piperidine rings is 1. The van der Waals surface area contributed by atoms with Crippen molar-refractivity contribution in [3.05, 3.63) is 113 Å². The first-order chi connectivity index (χ1) is 18.5. The fourth-order valence-corrected chi connectivity index (χ4v) is 4.75. The first-order valence-electron chi connectivity index (χ1n) is 12.5. The highest BCUT2D eigenvalue weighted by atomic mass is 16.7. The number of nitrogens with zero attached hydrogens (tertiary/aromatic N) is 1. The molecule has 0 saturated carbocycles. The second kappa shape index (κ2) is 11.3. The molecule has 0 atom stereocenters. The lowest BCUT2D eigenvalue weighted by Gasteiger charge is -2.43. The molecule has 8 nitrogen and oxygen atoms in total. The van der Waals surface area contributed by atoms with Crippen molar-refractivity contribution < 1.29 is 24.4 Å². The quantitative estimate of drug-likeness (QED) is 0.247. The average Bonchev–Trinajstić information content (AvgIpc) is 2.97. The third-order valence-corrected chi connectivity index (χ3v) is 6.77. The zero-order valence-corrected chi connectivity index (χ0v) is 20.8. The van der Waals surface area contributed by atoms with E-state index in [0.29, 0.717) is 28.1 Å². The first kappa shape index (κ1) is 25.3. The molecule has 2 aliphatic heterocycles. The van der Waals surface area contributed by atoms with Crippen LogP contribution in [0.2, 0.25) is 0 Å². The molecule has 3 N–H and O–H groups in total. The summed E-state index contributed by atoms with van der Waals surface area (Å²) < 4.78 is 6.56. The van der Waals surface area contributed by atoms with Crippen LogP contribution in [0, 0.1) is 0 Å². The summed E-state index contributed by atoms with van der Waals surface area (Å²) in [4.78, 5) is 32.0. The van der Waals surface area contributed by atoms with Gasteiger partial charge in [0.25, 0.3) is 5.91 Å². The maximum atomic E-state index is 12.6. The van der Waals surface area contributed by atoms with Gasteiger partial charge in [0, 0.05) is 44.1 Å². The molecule has 0 unspecified atom stereocenters. The Morgan fingerprint density at radius 3 is 2.42 bits per heavy atom. The summed E-state index contributed by atoms with van der Waals surface area (Å²) in [5.74, 6) is -0.473. The van der Waals surface area contributed by atoms with E-state index in [0.717, 1.165) is 32.5 Å². The predicted octanol–water partition coefficient (Wildman–Crippen LogP) is 4.33. The maximum Gasteiger partial charge on any atom is 0.362 e. The molecule has 0 bridgehead atoms. The predicted molar refractivity (Wildman–Crippen MR) is 143 cm³/mol. The van der Waals surface area contributed by atoms with Gasteiger partial charge in [-0.25, -0.2) is 15.8 Å². The lowest BCUT2D eigenvalue weighted by molar-refractivity contribution is -0.124. The Hall–Kier alpha value is -4.40. The minimum atomic E-state index is -0.633. The third kappa shape index (κ3) is 5.94. The molecule has 0 aromatic heterocycles. The molecule has 3 aromatic carbocycles. The van der Waals surface area contributed by atoms with Gasteiger partial charge in [-0.3, -0.25) is 14.9 Å². The molecule has 8 heteroatoms. The van der Waals surface area contributed by atoms with Crippen LogP contribution in [0.25, 0.3) is 11.8 Å². The second-order valence-electron chi connectivity index (χ2n) is 9.41. The fourth-order valence-electron chi connectivity index (χ4n) is 4.75. The van der Waals surface area contributed by atoms with Crippen LogP contribution in [0.1, 0.15) is 39.9 Å². The van der Waals surface area contributed by atoms with Crippen molar-refractivity contribution in [2.75, 3.05) is 13.1 Å². The molecule has 5 rings (SSSR count). The van der Waals surface area contributed by atoms with Gasteiger partial charge in [0.05, 0.1) is 11.3 Å². The lowest BCUT2D eigenvalue weighted by atomic mass is 9.86. The van der Waals surface area contributed by atoms with Gasteiger partial charge >= 0.3 is 5.97 Å². The van der Waals surface area contributed by atoms with Gasteiger partial charge < -0.3 is 9.57 Å². The Morgan fingerprint density at radius 1 is 1.00 bits per heavy atom. The molecule has 2 heterocycles. The zero-order chi connectivity index (χ0) is 26.4. The van der Waals surface area contributed by atoms with Crippen LogP contribution in [-0.4, -0.2) is 40.7 Å². The van der Waals surface area contributed by atoms with E-state index in [1.165, 1.54) is 11.6 Å². The number of fused-ring (bicyclic) bond motifs is 1. The fraction of sp³-hybridized carbons (Fsp3) is 0.200. The molecule has 1 spiro atoms. The van der Waals surface area contributed by atoms with E-state index < -0.39 is 17.5 Å².